The first-order chi connectivity index (χ1) is 9.01. The molecule has 0 unspecified atom stereocenters. The van der Waals surface area contributed by atoms with Gasteiger partial charge in [0.05, 0.1) is 11.6 Å². The van der Waals surface area contributed by atoms with Crippen LogP contribution in [0.5, 0.6) is 5.75 Å². The Bertz CT molecular complexity index is 680. The van der Waals surface area contributed by atoms with Gasteiger partial charge in [-0.2, -0.15) is 0 Å². The molecule has 0 aliphatic rings. The summed E-state index contributed by atoms with van der Waals surface area (Å²) < 4.78 is 27.7. The largest absolute Gasteiger partial charge is 0.492 e. The Morgan fingerprint density at radius 3 is 2.58 bits per heavy atom. The lowest BCUT2D eigenvalue weighted by molar-refractivity contribution is 0.339. The van der Waals surface area contributed by atoms with Crippen molar-refractivity contribution < 1.29 is 13.2 Å². The van der Waals surface area contributed by atoms with Crippen molar-refractivity contribution in [2.45, 2.75) is 5.88 Å². The summed E-state index contributed by atoms with van der Waals surface area (Å²) in [4.78, 5) is 0. The average molecular weight is 299 g/mol. The fraction of sp³-hybridized carbons (Fsp3) is 0.286. The number of halogens is 1. The van der Waals surface area contributed by atoms with Gasteiger partial charge >= 0.3 is 0 Å². The summed E-state index contributed by atoms with van der Waals surface area (Å²) in [5.74, 6) is 0.981. The summed E-state index contributed by atoms with van der Waals surface area (Å²) in [6.07, 6.45) is 1.19. The van der Waals surface area contributed by atoms with Gasteiger partial charge in [-0.05, 0) is 16.8 Å². The van der Waals surface area contributed by atoms with Gasteiger partial charge in [-0.3, -0.25) is 0 Å². The van der Waals surface area contributed by atoms with E-state index in [1.807, 2.05) is 36.4 Å². The van der Waals surface area contributed by atoms with Crippen molar-refractivity contribution in [2.24, 2.45) is 0 Å². The van der Waals surface area contributed by atoms with Crippen molar-refractivity contribution >= 4 is 32.2 Å². The van der Waals surface area contributed by atoms with Crippen LogP contribution in [0.2, 0.25) is 0 Å². The highest BCUT2D eigenvalue weighted by atomic mass is 35.5. The molecular formula is C14H15ClO3S. The fourth-order valence-electron chi connectivity index (χ4n) is 1.89. The lowest BCUT2D eigenvalue weighted by Crippen LogP contribution is -2.12. The Kier molecular flexibility index (Phi) is 4.32. The molecule has 0 N–H and O–H groups in total. The van der Waals surface area contributed by atoms with E-state index in [2.05, 4.69) is 0 Å². The minimum absolute atomic E-state index is 0.00154. The van der Waals surface area contributed by atoms with E-state index >= 15 is 0 Å². The summed E-state index contributed by atoms with van der Waals surface area (Å²) in [6, 6.07) is 11.7. The maximum Gasteiger partial charge on any atom is 0.150 e. The van der Waals surface area contributed by atoms with Gasteiger partial charge in [0.15, 0.2) is 9.84 Å². The summed E-state index contributed by atoms with van der Waals surface area (Å²) >= 11 is 5.98. The van der Waals surface area contributed by atoms with Crippen LogP contribution in [0.3, 0.4) is 0 Å². The molecule has 0 saturated carbocycles. The molecule has 0 radical (unpaired) electrons. The minimum atomic E-state index is -3.01. The van der Waals surface area contributed by atoms with E-state index in [-0.39, 0.29) is 12.4 Å². The number of sulfone groups is 1. The highest BCUT2D eigenvalue weighted by Crippen LogP contribution is 2.29. The first-order valence-electron chi connectivity index (χ1n) is 5.88. The zero-order chi connectivity index (χ0) is 13.9. The lowest BCUT2D eigenvalue weighted by atomic mass is 10.0. The van der Waals surface area contributed by atoms with Crippen LogP contribution in [-0.2, 0) is 15.7 Å². The summed E-state index contributed by atoms with van der Waals surface area (Å²) in [7, 11) is -3.01. The minimum Gasteiger partial charge on any atom is -0.492 e. The van der Waals surface area contributed by atoms with E-state index < -0.39 is 9.84 Å². The molecule has 0 bridgehead atoms. The van der Waals surface area contributed by atoms with Crippen LogP contribution < -0.4 is 4.74 Å². The maximum atomic E-state index is 11.1. The second kappa shape index (κ2) is 5.80. The van der Waals surface area contributed by atoms with E-state index in [1.54, 1.807) is 0 Å². The topological polar surface area (TPSA) is 43.4 Å². The SMILES string of the molecule is CS(=O)(=O)CCOc1ccc2ccccc2c1CCl. The number of benzene rings is 2. The molecule has 102 valence electrons. The fourth-order valence-corrected chi connectivity index (χ4v) is 2.55. The normalized spacial score (nSPS) is 11.7. The van der Waals surface area contributed by atoms with E-state index in [4.69, 9.17) is 16.3 Å². The Morgan fingerprint density at radius 2 is 1.89 bits per heavy atom. The zero-order valence-electron chi connectivity index (χ0n) is 10.6. The lowest BCUT2D eigenvalue weighted by Gasteiger charge is -2.12. The number of rotatable bonds is 5. The second-order valence-corrected chi connectivity index (χ2v) is 6.90. The molecule has 0 fully saturated rings. The van der Waals surface area contributed by atoms with Crippen molar-refractivity contribution in [3.63, 3.8) is 0 Å². The Hall–Kier alpha value is -1.26. The highest BCUT2D eigenvalue weighted by molar-refractivity contribution is 7.90. The second-order valence-electron chi connectivity index (χ2n) is 4.38. The predicted octanol–water partition coefficient (Wildman–Crippen LogP) is 3.00. The third-order valence-corrected chi connectivity index (χ3v) is 4.02. The molecule has 0 heterocycles. The van der Waals surface area contributed by atoms with Crippen molar-refractivity contribution in [3.8, 4) is 5.75 Å². The van der Waals surface area contributed by atoms with Crippen LogP contribution in [0.1, 0.15) is 5.56 Å². The summed E-state index contributed by atoms with van der Waals surface area (Å²) in [5.41, 5.74) is 0.897. The van der Waals surface area contributed by atoms with Gasteiger partial charge in [0.25, 0.3) is 0 Å². The third kappa shape index (κ3) is 3.61. The number of fused-ring (bicyclic) bond motifs is 1. The molecule has 0 aliphatic carbocycles. The van der Waals surface area contributed by atoms with Gasteiger partial charge in [0.2, 0.25) is 0 Å². The van der Waals surface area contributed by atoms with Gasteiger partial charge < -0.3 is 4.74 Å². The molecule has 5 heteroatoms. The first kappa shape index (κ1) is 14.2. The monoisotopic (exact) mass is 298 g/mol. The van der Waals surface area contributed by atoms with Crippen LogP contribution in [0.25, 0.3) is 10.8 Å². The van der Waals surface area contributed by atoms with Crippen LogP contribution in [0, 0.1) is 0 Å². The molecule has 2 rings (SSSR count). The molecule has 2 aromatic carbocycles. The number of hydrogen-bond donors (Lipinski definition) is 0. The first-order valence-corrected chi connectivity index (χ1v) is 8.48. The van der Waals surface area contributed by atoms with Crippen LogP contribution in [0.4, 0.5) is 0 Å². The highest BCUT2D eigenvalue weighted by Gasteiger charge is 2.09. The number of alkyl halides is 1. The van der Waals surface area contributed by atoms with E-state index in [0.29, 0.717) is 11.6 Å². The Labute approximate surface area is 118 Å². The molecule has 0 aliphatic heterocycles. The van der Waals surface area contributed by atoms with E-state index in [9.17, 15) is 8.42 Å². The van der Waals surface area contributed by atoms with Crippen molar-refractivity contribution in [2.75, 3.05) is 18.6 Å². The summed E-state index contributed by atoms with van der Waals surface area (Å²) in [5, 5.41) is 2.13. The molecule has 0 spiro atoms. The van der Waals surface area contributed by atoms with Crippen molar-refractivity contribution in [3.05, 3.63) is 42.0 Å². The standard InChI is InChI=1S/C14H15ClO3S/c1-19(16,17)9-8-18-14-7-6-11-4-2-3-5-12(11)13(14)10-15/h2-7H,8-10H2,1H3. The molecule has 3 nitrogen and oxygen atoms in total. The zero-order valence-corrected chi connectivity index (χ0v) is 12.2. The van der Waals surface area contributed by atoms with Crippen LogP contribution in [-0.4, -0.2) is 27.0 Å². The van der Waals surface area contributed by atoms with Crippen LogP contribution in [0.15, 0.2) is 36.4 Å². The molecule has 0 aromatic heterocycles. The quantitative estimate of drug-likeness (QED) is 0.797. The van der Waals surface area contributed by atoms with Crippen molar-refractivity contribution in [1.82, 2.24) is 0 Å². The van der Waals surface area contributed by atoms with E-state index in [0.717, 1.165) is 16.3 Å². The summed E-state index contributed by atoms with van der Waals surface area (Å²) in [6.45, 7) is 0.140. The molecule has 0 saturated heterocycles. The van der Waals surface area contributed by atoms with Crippen LogP contribution >= 0.6 is 11.6 Å². The molecule has 2 aromatic rings. The van der Waals surface area contributed by atoms with Crippen molar-refractivity contribution in [1.29, 1.82) is 0 Å². The Morgan fingerprint density at radius 1 is 1.16 bits per heavy atom. The van der Waals surface area contributed by atoms with Gasteiger partial charge in [0, 0.05) is 11.8 Å². The van der Waals surface area contributed by atoms with Gasteiger partial charge in [-0.1, -0.05) is 30.3 Å². The molecule has 0 atom stereocenters. The van der Waals surface area contributed by atoms with Gasteiger partial charge in [-0.15, -0.1) is 11.6 Å². The Balaban J connectivity index is 2.28. The van der Waals surface area contributed by atoms with E-state index in [1.165, 1.54) is 6.26 Å². The number of ether oxygens (including phenoxy) is 1. The number of hydrogen-bond acceptors (Lipinski definition) is 3. The van der Waals surface area contributed by atoms with Gasteiger partial charge in [-0.25, -0.2) is 8.42 Å². The maximum absolute atomic E-state index is 11.1. The molecule has 0 amide bonds. The molecular weight excluding hydrogens is 284 g/mol. The van der Waals surface area contributed by atoms with Gasteiger partial charge in [0.1, 0.15) is 12.4 Å². The average Bonchev–Trinajstić information content (AvgIpc) is 2.37. The smallest absolute Gasteiger partial charge is 0.150 e. The third-order valence-electron chi connectivity index (χ3n) is 2.84. The molecule has 19 heavy (non-hydrogen) atoms. The predicted molar refractivity (Wildman–Crippen MR) is 78.7 cm³/mol.